The highest BCUT2D eigenvalue weighted by molar-refractivity contribution is 7.90. The Hall–Kier alpha value is -1.47. The monoisotopic (exact) mass is 295 g/mol. The summed E-state index contributed by atoms with van der Waals surface area (Å²) in [6.45, 7) is 1.06. The minimum atomic E-state index is -3.12. The summed E-state index contributed by atoms with van der Waals surface area (Å²) >= 11 is 0. The summed E-state index contributed by atoms with van der Waals surface area (Å²) in [5, 5.41) is 2.62. The van der Waals surface area contributed by atoms with Crippen molar-refractivity contribution in [1.82, 2.24) is 14.6 Å². The predicted molar refractivity (Wildman–Crippen MR) is 73.1 cm³/mol. The van der Waals surface area contributed by atoms with E-state index in [4.69, 9.17) is 0 Å². The molecule has 0 bridgehead atoms. The van der Waals surface area contributed by atoms with Crippen LogP contribution in [0.5, 0.6) is 0 Å². The maximum Gasteiger partial charge on any atom is 0.226 e. The fourth-order valence-corrected chi connectivity index (χ4v) is 4.15. The molecule has 0 atom stereocenters. The van der Waals surface area contributed by atoms with E-state index in [1.54, 1.807) is 12.4 Å². The third-order valence-corrected chi connectivity index (χ3v) is 6.05. The lowest BCUT2D eigenvalue weighted by Crippen LogP contribution is -2.56. The van der Waals surface area contributed by atoms with Gasteiger partial charge in [-0.25, -0.2) is 8.42 Å². The van der Waals surface area contributed by atoms with Crippen molar-refractivity contribution in [2.75, 3.05) is 13.1 Å². The van der Waals surface area contributed by atoms with Crippen molar-refractivity contribution in [3.8, 4) is 0 Å². The van der Waals surface area contributed by atoms with Gasteiger partial charge >= 0.3 is 0 Å². The zero-order valence-electron chi connectivity index (χ0n) is 11.0. The number of pyridine rings is 1. The van der Waals surface area contributed by atoms with Gasteiger partial charge in [0.2, 0.25) is 15.9 Å². The molecule has 2 heterocycles. The summed E-state index contributed by atoms with van der Waals surface area (Å²) in [4.78, 5) is 15.9. The quantitative estimate of drug-likeness (QED) is 0.837. The van der Waals surface area contributed by atoms with Gasteiger partial charge in [-0.2, -0.15) is 4.31 Å². The lowest BCUT2D eigenvalue weighted by Gasteiger charge is -2.37. The average Bonchev–Trinajstić information content (AvgIpc) is 3.20. The highest BCUT2D eigenvalue weighted by Crippen LogP contribution is 2.34. The molecule has 0 radical (unpaired) electrons. The van der Waals surface area contributed by atoms with Crippen LogP contribution in [0.1, 0.15) is 18.4 Å². The van der Waals surface area contributed by atoms with Gasteiger partial charge in [0, 0.05) is 32.0 Å². The van der Waals surface area contributed by atoms with Gasteiger partial charge in [-0.3, -0.25) is 9.78 Å². The van der Waals surface area contributed by atoms with Crippen molar-refractivity contribution in [3.63, 3.8) is 0 Å². The number of nitrogens with zero attached hydrogens (tertiary/aromatic N) is 2. The van der Waals surface area contributed by atoms with Gasteiger partial charge in [0.1, 0.15) is 0 Å². The molecule has 1 aromatic rings. The number of carbonyl (C=O) groups excluding carboxylic acids is 1. The molecule has 108 valence electrons. The van der Waals surface area contributed by atoms with Gasteiger partial charge in [-0.15, -0.1) is 0 Å². The fourth-order valence-electron chi connectivity index (χ4n) is 2.22. The van der Waals surface area contributed by atoms with Crippen LogP contribution in [0.3, 0.4) is 0 Å². The van der Waals surface area contributed by atoms with E-state index in [0.29, 0.717) is 19.6 Å². The summed E-state index contributed by atoms with van der Waals surface area (Å²) in [7, 11) is -3.12. The first-order chi connectivity index (χ1) is 9.57. The Kier molecular flexibility index (Phi) is 3.47. The molecule has 1 aliphatic carbocycles. The minimum absolute atomic E-state index is 0.0869. The Labute approximate surface area is 118 Å². The summed E-state index contributed by atoms with van der Waals surface area (Å²) in [6, 6.07) is 3.70. The Morgan fingerprint density at radius 3 is 2.75 bits per heavy atom. The molecule has 1 saturated carbocycles. The fraction of sp³-hybridized carbons (Fsp3) is 0.538. The first-order valence-corrected chi connectivity index (χ1v) is 8.23. The number of sulfonamides is 1. The number of carbonyl (C=O) groups is 1. The zero-order valence-corrected chi connectivity index (χ0v) is 11.8. The summed E-state index contributed by atoms with van der Waals surface area (Å²) < 4.78 is 25.2. The number of hydrogen-bond acceptors (Lipinski definition) is 4. The summed E-state index contributed by atoms with van der Waals surface area (Å²) in [5.41, 5.74) is 0.933. The molecular weight excluding hydrogens is 278 g/mol. The summed E-state index contributed by atoms with van der Waals surface area (Å²) in [5.74, 6) is -0.309. The van der Waals surface area contributed by atoms with Crippen LogP contribution in [0.4, 0.5) is 0 Å². The van der Waals surface area contributed by atoms with Gasteiger partial charge < -0.3 is 5.32 Å². The van der Waals surface area contributed by atoms with Crippen LogP contribution in [-0.4, -0.2) is 42.0 Å². The lowest BCUT2D eigenvalue weighted by molar-refractivity contribution is -0.128. The van der Waals surface area contributed by atoms with Crippen LogP contribution >= 0.6 is 0 Å². The Bertz CT molecular complexity index is 593. The van der Waals surface area contributed by atoms with Crippen LogP contribution in [0.2, 0.25) is 0 Å². The second-order valence-electron chi connectivity index (χ2n) is 5.34. The minimum Gasteiger partial charge on any atom is -0.352 e. The molecule has 0 unspecified atom stereocenters. The molecule has 20 heavy (non-hydrogen) atoms. The Balaban J connectivity index is 1.46. The molecule has 2 aliphatic rings. The van der Waals surface area contributed by atoms with Gasteiger partial charge in [-0.1, -0.05) is 6.07 Å². The topological polar surface area (TPSA) is 79.4 Å². The van der Waals surface area contributed by atoms with Gasteiger partial charge in [0.15, 0.2) is 0 Å². The maximum atomic E-state index is 11.9. The van der Waals surface area contributed by atoms with E-state index in [0.717, 1.165) is 18.4 Å². The van der Waals surface area contributed by atoms with Crippen LogP contribution < -0.4 is 5.32 Å². The highest BCUT2D eigenvalue weighted by atomic mass is 32.2. The molecule has 1 aliphatic heterocycles. The molecule has 7 heteroatoms. The van der Waals surface area contributed by atoms with Crippen molar-refractivity contribution in [2.45, 2.75) is 24.6 Å². The van der Waals surface area contributed by atoms with E-state index >= 15 is 0 Å². The SMILES string of the molecule is O=C(NCc1cccnc1)C1CN(S(=O)(=O)C2CC2)C1. The largest absolute Gasteiger partial charge is 0.352 e. The van der Waals surface area contributed by atoms with Crippen LogP contribution in [0, 0.1) is 5.92 Å². The third-order valence-electron chi connectivity index (χ3n) is 3.71. The summed E-state index contributed by atoms with van der Waals surface area (Å²) in [6.07, 6.45) is 4.90. The predicted octanol–water partition coefficient (Wildman–Crippen LogP) is 0.122. The molecule has 1 N–H and O–H groups in total. The standard InChI is InChI=1S/C13H17N3O3S/c17-13(15-7-10-2-1-5-14-6-10)11-8-16(9-11)20(18,19)12-3-4-12/h1-2,5-6,11-12H,3-4,7-9H2,(H,15,17). The van der Waals surface area contributed by atoms with E-state index < -0.39 is 10.0 Å². The van der Waals surface area contributed by atoms with Gasteiger partial charge in [0.05, 0.1) is 11.2 Å². The number of aromatic nitrogens is 1. The van der Waals surface area contributed by atoms with Crippen molar-refractivity contribution < 1.29 is 13.2 Å². The molecule has 2 fully saturated rings. The normalized spacial score (nSPS) is 20.4. The lowest BCUT2D eigenvalue weighted by atomic mass is 10.0. The number of amides is 1. The van der Waals surface area contributed by atoms with E-state index in [1.807, 2.05) is 12.1 Å². The Morgan fingerprint density at radius 1 is 1.40 bits per heavy atom. The number of rotatable bonds is 5. The molecule has 0 spiro atoms. The smallest absolute Gasteiger partial charge is 0.226 e. The molecule has 1 saturated heterocycles. The van der Waals surface area contributed by atoms with E-state index in [1.165, 1.54) is 4.31 Å². The second-order valence-corrected chi connectivity index (χ2v) is 7.55. The zero-order chi connectivity index (χ0) is 14.2. The maximum absolute atomic E-state index is 11.9. The van der Waals surface area contributed by atoms with Crippen LogP contribution in [0.25, 0.3) is 0 Å². The second kappa shape index (κ2) is 5.14. The van der Waals surface area contributed by atoms with Crippen LogP contribution in [-0.2, 0) is 21.4 Å². The third kappa shape index (κ3) is 2.69. The van der Waals surface area contributed by atoms with Gasteiger partial charge in [-0.05, 0) is 24.5 Å². The molecule has 1 aromatic heterocycles. The van der Waals surface area contributed by atoms with Crippen molar-refractivity contribution in [1.29, 1.82) is 0 Å². The molecular formula is C13H17N3O3S. The Morgan fingerprint density at radius 2 is 2.15 bits per heavy atom. The highest BCUT2D eigenvalue weighted by Gasteiger charge is 2.46. The van der Waals surface area contributed by atoms with E-state index in [9.17, 15) is 13.2 Å². The van der Waals surface area contributed by atoms with E-state index in [2.05, 4.69) is 10.3 Å². The van der Waals surface area contributed by atoms with Gasteiger partial charge in [0.25, 0.3) is 0 Å². The average molecular weight is 295 g/mol. The van der Waals surface area contributed by atoms with Crippen molar-refractivity contribution >= 4 is 15.9 Å². The molecule has 6 nitrogen and oxygen atoms in total. The first-order valence-electron chi connectivity index (χ1n) is 6.73. The molecule has 1 amide bonds. The van der Waals surface area contributed by atoms with Crippen LogP contribution in [0.15, 0.2) is 24.5 Å². The molecule has 0 aromatic carbocycles. The number of hydrogen-bond donors (Lipinski definition) is 1. The van der Waals surface area contributed by atoms with E-state index in [-0.39, 0.29) is 17.1 Å². The first kappa shape index (κ1) is 13.5. The molecule has 3 rings (SSSR count). The van der Waals surface area contributed by atoms with Crippen molar-refractivity contribution in [2.24, 2.45) is 5.92 Å². The number of nitrogens with one attached hydrogen (secondary N) is 1. The van der Waals surface area contributed by atoms with Crippen molar-refractivity contribution in [3.05, 3.63) is 30.1 Å².